The van der Waals surface area contributed by atoms with Crippen LogP contribution in [0.2, 0.25) is 0 Å². The third-order valence-electron chi connectivity index (χ3n) is 18.3. The lowest BCUT2D eigenvalue weighted by Crippen LogP contribution is -2.30. The van der Waals surface area contributed by atoms with Gasteiger partial charge in [0.1, 0.15) is 19.3 Å². The van der Waals surface area contributed by atoms with E-state index in [0.29, 0.717) is 25.7 Å². The summed E-state index contributed by atoms with van der Waals surface area (Å²) in [6.07, 6.45) is 61.8. The van der Waals surface area contributed by atoms with Crippen molar-refractivity contribution in [2.24, 2.45) is 5.92 Å². The number of phosphoric acid groups is 2. The van der Waals surface area contributed by atoms with E-state index in [9.17, 15) is 43.2 Å². The van der Waals surface area contributed by atoms with Crippen LogP contribution in [-0.2, 0) is 65.4 Å². The highest BCUT2D eigenvalue weighted by Crippen LogP contribution is 2.45. The van der Waals surface area contributed by atoms with Crippen LogP contribution in [-0.4, -0.2) is 96.7 Å². The van der Waals surface area contributed by atoms with Crippen molar-refractivity contribution in [1.29, 1.82) is 0 Å². The summed E-state index contributed by atoms with van der Waals surface area (Å²) in [5.41, 5.74) is 0. The minimum Gasteiger partial charge on any atom is -0.462 e. The summed E-state index contributed by atoms with van der Waals surface area (Å²) >= 11 is 0. The Morgan fingerprint density at radius 3 is 0.701 bits per heavy atom. The molecule has 5 atom stereocenters. The molecule has 0 spiro atoms. The molecular formula is C78H152O17P2. The lowest BCUT2D eigenvalue weighted by atomic mass is 10.0. The molecule has 0 aliphatic rings. The molecule has 97 heavy (non-hydrogen) atoms. The molecule has 2 unspecified atom stereocenters. The summed E-state index contributed by atoms with van der Waals surface area (Å²) in [4.78, 5) is 72.5. The van der Waals surface area contributed by atoms with Crippen LogP contribution in [0.3, 0.4) is 0 Å². The molecule has 0 radical (unpaired) electrons. The van der Waals surface area contributed by atoms with E-state index in [4.69, 9.17) is 37.0 Å². The van der Waals surface area contributed by atoms with Gasteiger partial charge >= 0.3 is 39.5 Å². The van der Waals surface area contributed by atoms with Crippen LogP contribution in [0.5, 0.6) is 0 Å². The van der Waals surface area contributed by atoms with Gasteiger partial charge in [0.15, 0.2) is 12.2 Å². The molecule has 0 saturated carbocycles. The number of aliphatic hydroxyl groups is 1. The van der Waals surface area contributed by atoms with Gasteiger partial charge in [-0.15, -0.1) is 0 Å². The molecule has 3 N–H and O–H groups in total. The predicted molar refractivity (Wildman–Crippen MR) is 395 cm³/mol. The average molecular weight is 1420 g/mol. The van der Waals surface area contributed by atoms with Crippen LogP contribution < -0.4 is 0 Å². The fourth-order valence-corrected chi connectivity index (χ4v) is 13.6. The molecule has 0 aromatic heterocycles. The second-order valence-electron chi connectivity index (χ2n) is 28.6. The molecule has 0 amide bonds. The van der Waals surface area contributed by atoms with E-state index in [1.54, 1.807) is 0 Å². The number of aliphatic hydroxyl groups excluding tert-OH is 1. The topological polar surface area (TPSA) is 237 Å². The van der Waals surface area contributed by atoms with Crippen molar-refractivity contribution in [2.45, 2.75) is 432 Å². The molecular weight excluding hydrogens is 1270 g/mol. The Hall–Kier alpha value is -1.94. The third-order valence-corrected chi connectivity index (χ3v) is 20.2. The van der Waals surface area contributed by atoms with Gasteiger partial charge in [-0.3, -0.25) is 37.3 Å². The summed E-state index contributed by atoms with van der Waals surface area (Å²) in [6, 6.07) is 0. The molecule has 0 bridgehead atoms. The highest BCUT2D eigenvalue weighted by Gasteiger charge is 2.30. The normalized spacial score (nSPS) is 13.9. The largest absolute Gasteiger partial charge is 0.472 e. The fraction of sp³-hybridized carbons (Fsp3) is 0.949. The van der Waals surface area contributed by atoms with Crippen LogP contribution in [0.25, 0.3) is 0 Å². The number of unbranched alkanes of at least 4 members (excludes halogenated alkanes) is 50. The van der Waals surface area contributed by atoms with E-state index in [-0.39, 0.29) is 25.7 Å². The second-order valence-corrected chi connectivity index (χ2v) is 31.5. The van der Waals surface area contributed by atoms with Crippen molar-refractivity contribution >= 4 is 39.5 Å². The molecule has 0 aromatic rings. The Kier molecular flexibility index (Phi) is 69.6. The lowest BCUT2D eigenvalue weighted by Gasteiger charge is -2.21. The minimum atomic E-state index is -4.96. The Bertz CT molecular complexity index is 1860. The Morgan fingerprint density at radius 1 is 0.278 bits per heavy atom. The van der Waals surface area contributed by atoms with E-state index in [2.05, 4.69) is 34.6 Å². The van der Waals surface area contributed by atoms with Gasteiger partial charge in [0, 0.05) is 25.7 Å². The van der Waals surface area contributed by atoms with Crippen LogP contribution in [0.4, 0.5) is 0 Å². The average Bonchev–Trinajstić information content (AvgIpc) is 3.41. The summed E-state index contributed by atoms with van der Waals surface area (Å²) < 4.78 is 68.3. The molecule has 0 fully saturated rings. The standard InChI is InChI=1S/C78H152O17P2/c1-6-9-12-15-17-19-21-23-25-27-29-30-31-33-35-37-39-41-43-48-53-58-63-77(82)95-74(68-89-76(81)62-57-52-47-42-40-38-36-34-32-28-26-24-22-20-18-16-13-10-7-2)70-93-97(86,87)91-66-72(79)65-90-96(84,85)92-69-73(67-88-75(80)61-56-50-14-11-8-3)94-78(83)64-59-54-49-45-44-46-51-55-60-71(4)5/h71-74,79H,6-70H2,1-5H3,(H,84,85)(H,86,87)/t72-,73+,74+/m0/s1. The van der Waals surface area contributed by atoms with E-state index >= 15 is 0 Å². The molecule has 0 aliphatic carbocycles. The molecule has 0 rings (SSSR count). The van der Waals surface area contributed by atoms with E-state index in [1.165, 1.54) is 231 Å². The van der Waals surface area contributed by atoms with E-state index < -0.39 is 97.5 Å². The maximum atomic E-state index is 13.1. The van der Waals surface area contributed by atoms with Crippen molar-refractivity contribution in [2.75, 3.05) is 39.6 Å². The highest BCUT2D eigenvalue weighted by molar-refractivity contribution is 7.47. The first kappa shape index (κ1) is 95.1. The minimum absolute atomic E-state index is 0.104. The lowest BCUT2D eigenvalue weighted by molar-refractivity contribution is -0.161. The summed E-state index contributed by atoms with van der Waals surface area (Å²) in [5.74, 6) is -1.41. The predicted octanol–water partition coefficient (Wildman–Crippen LogP) is 23.3. The van der Waals surface area contributed by atoms with Crippen LogP contribution in [0.1, 0.15) is 413 Å². The monoisotopic (exact) mass is 1420 g/mol. The quantitative estimate of drug-likeness (QED) is 0.0222. The van der Waals surface area contributed by atoms with Crippen molar-refractivity contribution < 1.29 is 80.2 Å². The first-order valence-electron chi connectivity index (χ1n) is 40.6. The van der Waals surface area contributed by atoms with Crippen molar-refractivity contribution in [3.05, 3.63) is 0 Å². The molecule has 0 aliphatic heterocycles. The van der Waals surface area contributed by atoms with Crippen molar-refractivity contribution in [3.8, 4) is 0 Å². The number of esters is 4. The summed E-state index contributed by atoms with van der Waals surface area (Å²) in [7, 11) is -9.90. The van der Waals surface area contributed by atoms with Crippen molar-refractivity contribution in [3.63, 3.8) is 0 Å². The Balaban J connectivity index is 5.10. The number of phosphoric ester groups is 2. The van der Waals surface area contributed by atoms with Gasteiger partial charge in [-0.05, 0) is 31.6 Å². The summed E-state index contributed by atoms with van der Waals surface area (Å²) in [6.45, 7) is 7.16. The molecule has 0 heterocycles. The van der Waals surface area contributed by atoms with Gasteiger partial charge < -0.3 is 33.8 Å². The maximum Gasteiger partial charge on any atom is 0.472 e. The first-order valence-corrected chi connectivity index (χ1v) is 43.6. The zero-order valence-corrected chi connectivity index (χ0v) is 65.0. The Labute approximate surface area is 594 Å². The number of carbonyl (C=O) groups is 4. The van der Waals surface area contributed by atoms with E-state index in [1.807, 2.05) is 0 Å². The number of rotatable bonds is 78. The van der Waals surface area contributed by atoms with E-state index in [0.717, 1.165) is 102 Å². The fourth-order valence-electron chi connectivity index (χ4n) is 12.1. The van der Waals surface area contributed by atoms with Gasteiger partial charge in [-0.25, -0.2) is 9.13 Å². The van der Waals surface area contributed by atoms with Crippen molar-refractivity contribution in [1.82, 2.24) is 0 Å². The molecule has 0 saturated heterocycles. The number of hydrogen-bond donors (Lipinski definition) is 3. The Morgan fingerprint density at radius 2 is 0.474 bits per heavy atom. The molecule has 17 nitrogen and oxygen atoms in total. The number of hydrogen-bond acceptors (Lipinski definition) is 15. The molecule has 0 aromatic carbocycles. The third kappa shape index (κ3) is 72.2. The SMILES string of the molecule is CCCCCCCCCCCCCCCCCCCCCCCCC(=O)O[C@H](COC(=O)CCCCCCCCCCCCCCCCCCCCC)COP(=O)(O)OC[C@@H](O)COP(=O)(O)OC[C@@H](COC(=O)CCCCCCC)OC(=O)CCCCCCCCCCC(C)C. The maximum absolute atomic E-state index is 13.1. The number of carbonyl (C=O) groups excluding carboxylic acids is 4. The highest BCUT2D eigenvalue weighted by atomic mass is 31.2. The zero-order valence-electron chi connectivity index (χ0n) is 63.2. The van der Waals surface area contributed by atoms with Gasteiger partial charge in [0.2, 0.25) is 0 Å². The number of ether oxygens (including phenoxy) is 4. The van der Waals surface area contributed by atoms with Gasteiger partial charge in [-0.1, -0.05) is 362 Å². The van der Waals surface area contributed by atoms with Gasteiger partial charge in [-0.2, -0.15) is 0 Å². The zero-order chi connectivity index (χ0) is 71.2. The summed E-state index contributed by atoms with van der Waals surface area (Å²) in [5, 5.41) is 10.6. The van der Waals surface area contributed by atoms with Crippen LogP contribution >= 0.6 is 15.6 Å². The van der Waals surface area contributed by atoms with Crippen LogP contribution in [0, 0.1) is 5.92 Å². The first-order chi connectivity index (χ1) is 47.0. The molecule has 19 heteroatoms. The van der Waals surface area contributed by atoms with Crippen LogP contribution in [0.15, 0.2) is 0 Å². The molecule has 576 valence electrons. The van der Waals surface area contributed by atoms with Gasteiger partial charge in [0.25, 0.3) is 0 Å². The second kappa shape index (κ2) is 71.1. The van der Waals surface area contributed by atoms with Gasteiger partial charge in [0.05, 0.1) is 26.4 Å². The smallest absolute Gasteiger partial charge is 0.462 e.